The van der Waals surface area contributed by atoms with Gasteiger partial charge in [0, 0.05) is 46.1 Å². The Hall–Kier alpha value is -5.94. The number of imidazole rings is 1. The van der Waals surface area contributed by atoms with Crippen LogP contribution in [0.15, 0.2) is 112 Å². The molecule has 0 saturated carbocycles. The fourth-order valence-corrected chi connectivity index (χ4v) is 8.02. The molecule has 0 aliphatic carbocycles. The molecular formula is C46H37N3O2. The molecule has 0 aliphatic rings. The van der Waals surface area contributed by atoms with E-state index in [2.05, 4.69) is 39.8 Å². The first kappa shape index (κ1) is 24.2. The lowest BCUT2D eigenvalue weighted by atomic mass is 9.89. The first-order valence-electron chi connectivity index (χ1n) is 20.4. The molecule has 6 aromatic carbocycles. The van der Waals surface area contributed by atoms with Gasteiger partial charge in [-0.25, -0.2) is 9.97 Å². The molecule has 10 aromatic rings. The molecule has 0 spiro atoms. The standard InChI is InChI=1S/C46H37N3O2/c1-24(2)33-23-34-31-15-9-10-17-37(31)50-44(34)38(25(3)4)42(33)49-41-27(6)12-11-16-36(41)47-45(49)32-21-18-26(5)39-35-22-29-20-19-28-13-7-8-14-30(28)40(29)48-46(35)51-43(32)39/h7-25H,1-6H3/i5D3,6D3. The predicted molar refractivity (Wildman–Crippen MR) is 212 cm³/mol. The molecule has 0 N–H and O–H groups in total. The van der Waals surface area contributed by atoms with Crippen LogP contribution in [0.3, 0.4) is 0 Å². The third-order valence-corrected chi connectivity index (χ3v) is 10.3. The van der Waals surface area contributed by atoms with E-state index in [0.29, 0.717) is 44.5 Å². The lowest BCUT2D eigenvalue weighted by Crippen LogP contribution is -2.10. The molecule has 4 heterocycles. The second-order valence-corrected chi connectivity index (χ2v) is 14.1. The van der Waals surface area contributed by atoms with Gasteiger partial charge in [-0.15, -0.1) is 0 Å². The monoisotopic (exact) mass is 669 g/mol. The Morgan fingerprint density at radius 2 is 1.45 bits per heavy atom. The number of hydrogen-bond acceptors (Lipinski definition) is 4. The summed E-state index contributed by atoms with van der Waals surface area (Å²) in [5, 5.41) is 5.80. The van der Waals surface area contributed by atoms with Crippen LogP contribution in [0.2, 0.25) is 0 Å². The maximum atomic E-state index is 8.72. The molecule has 0 fully saturated rings. The number of aryl methyl sites for hydroxylation is 2. The summed E-state index contributed by atoms with van der Waals surface area (Å²) in [6, 6.07) is 32.6. The van der Waals surface area contributed by atoms with Crippen molar-refractivity contribution in [3.05, 3.63) is 125 Å². The molecule has 0 bridgehead atoms. The molecule has 51 heavy (non-hydrogen) atoms. The van der Waals surface area contributed by atoms with E-state index in [0.717, 1.165) is 60.4 Å². The van der Waals surface area contributed by atoms with Gasteiger partial charge in [0.1, 0.15) is 22.6 Å². The summed E-state index contributed by atoms with van der Waals surface area (Å²) in [6.07, 6.45) is 0. The number of nitrogens with zero attached hydrogens (tertiary/aromatic N) is 3. The van der Waals surface area contributed by atoms with Crippen LogP contribution >= 0.6 is 0 Å². The van der Waals surface area contributed by atoms with Crippen LogP contribution in [0.1, 0.15) is 70.0 Å². The van der Waals surface area contributed by atoms with E-state index >= 15 is 0 Å². The summed E-state index contributed by atoms with van der Waals surface area (Å²) in [5.74, 6) is 0.344. The quantitative estimate of drug-likeness (QED) is 0.175. The van der Waals surface area contributed by atoms with Gasteiger partial charge < -0.3 is 8.83 Å². The van der Waals surface area contributed by atoms with Gasteiger partial charge in [-0.2, -0.15) is 0 Å². The Morgan fingerprint density at radius 1 is 0.647 bits per heavy atom. The third-order valence-electron chi connectivity index (χ3n) is 10.3. The van der Waals surface area contributed by atoms with Crippen molar-refractivity contribution < 1.29 is 17.1 Å². The van der Waals surface area contributed by atoms with Crippen molar-refractivity contribution in [2.75, 3.05) is 0 Å². The van der Waals surface area contributed by atoms with Crippen LogP contribution in [0.25, 0.3) is 93.8 Å². The van der Waals surface area contributed by atoms with Crippen LogP contribution in [0, 0.1) is 13.7 Å². The molecule has 0 saturated heterocycles. The fraction of sp³-hybridized carbons (Fsp3) is 0.174. The first-order chi connectivity index (χ1) is 27.2. The van der Waals surface area contributed by atoms with Crippen molar-refractivity contribution in [1.82, 2.24) is 14.5 Å². The molecule has 5 heteroatoms. The van der Waals surface area contributed by atoms with E-state index in [4.69, 9.17) is 27.0 Å². The van der Waals surface area contributed by atoms with E-state index in [1.54, 1.807) is 24.3 Å². The van der Waals surface area contributed by atoms with Crippen molar-refractivity contribution in [3.63, 3.8) is 0 Å². The van der Waals surface area contributed by atoms with Crippen LogP contribution in [-0.4, -0.2) is 14.5 Å². The molecular weight excluding hydrogens is 627 g/mol. The van der Waals surface area contributed by atoms with E-state index in [9.17, 15) is 0 Å². The van der Waals surface area contributed by atoms with E-state index in [-0.39, 0.29) is 23.0 Å². The summed E-state index contributed by atoms with van der Waals surface area (Å²) >= 11 is 0. The van der Waals surface area contributed by atoms with E-state index < -0.39 is 13.7 Å². The second-order valence-electron chi connectivity index (χ2n) is 14.1. The van der Waals surface area contributed by atoms with Crippen molar-refractivity contribution >= 4 is 76.7 Å². The summed E-state index contributed by atoms with van der Waals surface area (Å²) in [7, 11) is 0. The highest BCUT2D eigenvalue weighted by Gasteiger charge is 2.29. The van der Waals surface area contributed by atoms with Crippen LogP contribution in [0.5, 0.6) is 0 Å². The minimum Gasteiger partial charge on any atom is -0.456 e. The summed E-state index contributed by atoms with van der Waals surface area (Å²) in [5.41, 5.74) is 7.20. The minimum atomic E-state index is -2.49. The highest BCUT2D eigenvalue weighted by atomic mass is 16.3. The van der Waals surface area contributed by atoms with Gasteiger partial charge in [0.2, 0.25) is 5.71 Å². The zero-order chi connectivity index (χ0) is 39.7. The van der Waals surface area contributed by atoms with Crippen LogP contribution < -0.4 is 0 Å². The van der Waals surface area contributed by atoms with Crippen LogP contribution in [-0.2, 0) is 0 Å². The van der Waals surface area contributed by atoms with Gasteiger partial charge in [-0.3, -0.25) is 4.57 Å². The molecule has 0 amide bonds. The Bertz CT molecular complexity index is 3290. The summed E-state index contributed by atoms with van der Waals surface area (Å²) < 4.78 is 67.4. The topological polar surface area (TPSA) is 57.0 Å². The van der Waals surface area contributed by atoms with Gasteiger partial charge >= 0.3 is 0 Å². The molecule has 248 valence electrons. The van der Waals surface area contributed by atoms with E-state index in [1.807, 2.05) is 71.3 Å². The number of para-hydroxylation sites is 2. The molecule has 0 radical (unpaired) electrons. The smallest absolute Gasteiger partial charge is 0.227 e. The number of rotatable bonds is 4. The van der Waals surface area contributed by atoms with Gasteiger partial charge in [0.15, 0.2) is 0 Å². The van der Waals surface area contributed by atoms with E-state index in [1.165, 1.54) is 0 Å². The summed E-state index contributed by atoms with van der Waals surface area (Å²) in [6.45, 7) is 3.51. The second kappa shape index (κ2) is 10.8. The molecule has 0 aliphatic heterocycles. The van der Waals surface area contributed by atoms with Gasteiger partial charge in [-0.1, -0.05) is 100 Å². The Labute approximate surface area is 303 Å². The maximum absolute atomic E-state index is 8.72. The number of aromatic nitrogens is 3. The molecule has 5 nitrogen and oxygen atoms in total. The zero-order valence-corrected chi connectivity index (χ0v) is 28.6. The maximum Gasteiger partial charge on any atom is 0.227 e. The van der Waals surface area contributed by atoms with Gasteiger partial charge in [-0.05, 0) is 77.9 Å². The molecule has 10 rings (SSSR count). The van der Waals surface area contributed by atoms with Gasteiger partial charge in [0.05, 0.1) is 27.8 Å². The lowest BCUT2D eigenvalue weighted by molar-refractivity contribution is 0.654. The average molecular weight is 670 g/mol. The number of benzene rings is 6. The number of furan rings is 2. The van der Waals surface area contributed by atoms with Crippen LogP contribution in [0.4, 0.5) is 0 Å². The molecule has 0 unspecified atom stereocenters. The number of pyridine rings is 1. The largest absolute Gasteiger partial charge is 0.456 e. The zero-order valence-electron chi connectivity index (χ0n) is 34.6. The highest BCUT2D eigenvalue weighted by molar-refractivity contribution is 6.16. The Morgan fingerprint density at radius 3 is 2.27 bits per heavy atom. The van der Waals surface area contributed by atoms with Crippen molar-refractivity contribution in [3.8, 4) is 17.1 Å². The molecule has 0 atom stereocenters. The van der Waals surface area contributed by atoms with Crippen molar-refractivity contribution in [2.45, 2.75) is 53.2 Å². The Balaban J connectivity index is 1.40. The highest BCUT2D eigenvalue weighted by Crippen LogP contribution is 2.46. The molecule has 4 aromatic heterocycles. The average Bonchev–Trinajstić information content (AvgIpc) is 3.86. The SMILES string of the molecule is [2H]C([2H])([2H])c1ccc(-c2nc3cccc(C([2H])([2H])[2H])c3n2-c2c(C(C)C)cc3c(oc4ccccc43)c2C(C)C)c2oc3nc4c(ccc5ccccc54)cc3c12. The fourth-order valence-electron chi connectivity index (χ4n) is 8.02. The predicted octanol–water partition coefficient (Wildman–Crippen LogP) is 13.1. The normalized spacial score (nSPS) is 14.7. The minimum absolute atomic E-state index is 0.00334. The number of hydrogen-bond donors (Lipinski definition) is 0. The Kier molecular flexibility index (Phi) is 5.13. The third kappa shape index (κ3) is 4.21. The van der Waals surface area contributed by atoms with Gasteiger partial charge in [0.25, 0.3) is 0 Å². The number of fused-ring (bicyclic) bond motifs is 10. The van der Waals surface area contributed by atoms with Crippen molar-refractivity contribution in [1.29, 1.82) is 0 Å². The van der Waals surface area contributed by atoms with Crippen molar-refractivity contribution in [2.24, 2.45) is 0 Å². The summed E-state index contributed by atoms with van der Waals surface area (Å²) in [4.78, 5) is 10.3. The first-order valence-corrected chi connectivity index (χ1v) is 17.4. The lowest BCUT2D eigenvalue weighted by Gasteiger charge is -2.23.